The van der Waals surface area contributed by atoms with Crippen molar-refractivity contribution in [2.45, 2.75) is 85.7 Å². The van der Waals surface area contributed by atoms with Crippen molar-refractivity contribution in [3.8, 4) is 0 Å². The molecule has 142 valence electrons. The topological polar surface area (TPSA) is 35.5 Å². The molecule has 0 aliphatic carbocycles. The number of benzene rings is 1. The van der Waals surface area contributed by atoms with Crippen LogP contribution in [0.15, 0.2) is 30.3 Å². The molecule has 0 bridgehead atoms. The minimum Gasteiger partial charge on any atom is -0.292 e. The molecule has 1 unspecified atom stereocenters. The number of carbonyl (C=O) groups excluding carboxylic acids is 1. The van der Waals surface area contributed by atoms with Crippen LogP contribution in [-0.4, -0.2) is 11.6 Å². The second-order valence-corrected chi connectivity index (χ2v) is 8.16. The van der Waals surface area contributed by atoms with Gasteiger partial charge in [0.1, 0.15) is 5.60 Å². The summed E-state index contributed by atoms with van der Waals surface area (Å²) in [4.78, 5) is 23.6. The van der Waals surface area contributed by atoms with Gasteiger partial charge in [0, 0.05) is 0 Å². The fourth-order valence-corrected chi connectivity index (χ4v) is 3.15. The van der Waals surface area contributed by atoms with Crippen molar-refractivity contribution in [2.75, 3.05) is 0 Å². The molecule has 0 aliphatic rings. The first-order valence-corrected chi connectivity index (χ1v) is 9.71. The van der Waals surface area contributed by atoms with Crippen molar-refractivity contribution in [3.63, 3.8) is 0 Å². The number of hydrogen-bond donors (Lipinski definition) is 0. The fourth-order valence-electron chi connectivity index (χ4n) is 3.15. The van der Waals surface area contributed by atoms with E-state index in [1.807, 2.05) is 18.2 Å². The van der Waals surface area contributed by atoms with Crippen molar-refractivity contribution in [3.05, 3.63) is 35.9 Å². The van der Waals surface area contributed by atoms with Gasteiger partial charge in [-0.05, 0) is 43.2 Å². The third-order valence-corrected chi connectivity index (χ3v) is 5.38. The van der Waals surface area contributed by atoms with E-state index >= 15 is 0 Å². The molecular weight excluding hydrogens is 312 g/mol. The minimum absolute atomic E-state index is 0.143. The van der Waals surface area contributed by atoms with Gasteiger partial charge in [-0.15, -0.1) is 0 Å². The Morgan fingerprint density at radius 2 is 1.48 bits per heavy atom. The standard InChI is InChI=1S/C22H36O3/c1-7-9-16-19(17-10-8-2)22(6,21(3,4)5)25-24-20(23)18-14-12-11-13-15-18/h11-15,19H,7-10,16-17H2,1-6H3. The zero-order valence-corrected chi connectivity index (χ0v) is 16.9. The monoisotopic (exact) mass is 348 g/mol. The molecule has 0 heterocycles. The van der Waals surface area contributed by atoms with Crippen molar-refractivity contribution >= 4 is 5.97 Å². The Morgan fingerprint density at radius 3 is 1.92 bits per heavy atom. The van der Waals surface area contributed by atoms with Gasteiger partial charge < -0.3 is 0 Å². The summed E-state index contributed by atoms with van der Waals surface area (Å²) in [5, 5.41) is 0. The number of carbonyl (C=O) groups is 1. The normalized spacial score (nSPS) is 14.4. The summed E-state index contributed by atoms with van der Waals surface area (Å²) in [6.07, 6.45) is 6.83. The molecule has 0 radical (unpaired) electrons. The van der Waals surface area contributed by atoms with Gasteiger partial charge >= 0.3 is 5.97 Å². The third-order valence-electron chi connectivity index (χ3n) is 5.38. The second-order valence-electron chi connectivity index (χ2n) is 8.16. The predicted octanol–water partition coefficient (Wildman–Crippen LogP) is 6.58. The third kappa shape index (κ3) is 6.14. The molecule has 3 heteroatoms. The van der Waals surface area contributed by atoms with Crippen LogP contribution in [0.25, 0.3) is 0 Å². The quantitative estimate of drug-likeness (QED) is 0.354. The Kier molecular flexibility index (Phi) is 8.64. The molecule has 0 fully saturated rings. The zero-order chi connectivity index (χ0) is 18.9. The first-order valence-electron chi connectivity index (χ1n) is 9.71. The molecule has 0 saturated carbocycles. The zero-order valence-electron chi connectivity index (χ0n) is 16.9. The lowest BCUT2D eigenvalue weighted by Crippen LogP contribution is -2.49. The van der Waals surface area contributed by atoms with E-state index in [-0.39, 0.29) is 5.41 Å². The van der Waals surface area contributed by atoms with E-state index < -0.39 is 11.6 Å². The Hall–Kier alpha value is -1.35. The van der Waals surface area contributed by atoms with Gasteiger partial charge in [-0.2, -0.15) is 4.89 Å². The highest BCUT2D eigenvalue weighted by Gasteiger charge is 2.47. The van der Waals surface area contributed by atoms with Crippen LogP contribution in [-0.2, 0) is 9.78 Å². The van der Waals surface area contributed by atoms with Crippen molar-refractivity contribution in [1.29, 1.82) is 0 Å². The Balaban J connectivity index is 2.93. The number of unbranched alkanes of at least 4 members (excludes halogenated alkanes) is 2. The van der Waals surface area contributed by atoms with Crippen LogP contribution in [0.5, 0.6) is 0 Å². The van der Waals surface area contributed by atoms with Crippen LogP contribution >= 0.6 is 0 Å². The van der Waals surface area contributed by atoms with Gasteiger partial charge in [0.05, 0.1) is 5.56 Å². The minimum atomic E-state index is -0.526. The highest BCUT2D eigenvalue weighted by molar-refractivity contribution is 5.88. The largest absolute Gasteiger partial charge is 0.373 e. The summed E-state index contributed by atoms with van der Waals surface area (Å²) >= 11 is 0. The van der Waals surface area contributed by atoms with E-state index in [1.54, 1.807) is 12.1 Å². The lowest BCUT2D eigenvalue weighted by atomic mass is 9.67. The maximum absolute atomic E-state index is 12.3. The average Bonchev–Trinajstić information content (AvgIpc) is 2.59. The van der Waals surface area contributed by atoms with Gasteiger partial charge in [-0.3, -0.25) is 4.89 Å². The predicted molar refractivity (Wildman–Crippen MR) is 103 cm³/mol. The van der Waals surface area contributed by atoms with Crippen LogP contribution in [0.2, 0.25) is 0 Å². The average molecular weight is 349 g/mol. The molecule has 1 aromatic rings. The van der Waals surface area contributed by atoms with E-state index in [9.17, 15) is 4.79 Å². The summed E-state index contributed by atoms with van der Waals surface area (Å²) in [7, 11) is 0. The van der Waals surface area contributed by atoms with Crippen molar-refractivity contribution < 1.29 is 14.6 Å². The maximum atomic E-state index is 12.3. The first-order chi connectivity index (χ1) is 11.8. The number of rotatable bonds is 10. The van der Waals surface area contributed by atoms with E-state index in [1.165, 1.54) is 0 Å². The van der Waals surface area contributed by atoms with Crippen LogP contribution in [0, 0.1) is 11.3 Å². The summed E-state index contributed by atoms with van der Waals surface area (Å²) in [5.41, 5.74) is -0.157. The van der Waals surface area contributed by atoms with Gasteiger partial charge in [-0.1, -0.05) is 78.5 Å². The van der Waals surface area contributed by atoms with Crippen LogP contribution in [0.3, 0.4) is 0 Å². The van der Waals surface area contributed by atoms with Crippen LogP contribution < -0.4 is 0 Å². The Morgan fingerprint density at radius 1 is 0.960 bits per heavy atom. The van der Waals surface area contributed by atoms with Gasteiger partial charge in [-0.25, -0.2) is 4.79 Å². The summed E-state index contributed by atoms with van der Waals surface area (Å²) in [5.74, 6) is -0.0724. The molecule has 0 aromatic heterocycles. The Bertz CT molecular complexity index is 496. The molecular formula is C22H36O3. The molecule has 0 N–H and O–H groups in total. The van der Waals surface area contributed by atoms with E-state index in [2.05, 4.69) is 41.5 Å². The molecule has 0 amide bonds. The molecule has 25 heavy (non-hydrogen) atoms. The first kappa shape index (κ1) is 21.7. The number of hydrogen-bond acceptors (Lipinski definition) is 3. The molecule has 3 nitrogen and oxygen atoms in total. The van der Waals surface area contributed by atoms with Gasteiger partial charge in [0.25, 0.3) is 0 Å². The summed E-state index contributed by atoms with van der Waals surface area (Å²) < 4.78 is 0. The molecule has 0 aliphatic heterocycles. The van der Waals surface area contributed by atoms with Gasteiger partial charge in [0.2, 0.25) is 0 Å². The van der Waals surface area contributed by atoms with Gasteiger partial charge in [0.15, 0.2) is 0 Å². The summed E-state index contributed by atoms with van der Waals surface area (Å²) in [6, 6.07) is 9.01. The fraction of sp³-hybridized carbons (Fsp3) is 0.682. The SMILES string of the molecule is CCCCC(CCCC)C(C)(OOC(=O)c1ccccc1)C(C)(C)C. The lowest BCUT2D eigenvalue weighted by Gasteiger charge is -2.45. The highest BCUT2D eigenvalue weighted by Crippen LogP contribution is 2.44. The van der Waals surface area contributed by atoms with Crippen molar-refractivity contribution in [2.24, 2.45) is 11.3 Å². The molecule has 0 saturated heterocycles. The lowest BCUT2D eigenvalue weighted by molar-refractivity contribution is -0.353. The van der Waals surface area contributed by atoms with Crippen molar-refractivity contribution in [1.82, 2.24) is 0 Å². The van der Waals surface area contributed by atoms with Crippen LogP contribution in [0.4, 0.5) is 0 Å². The van der Waals surface area contributed by atoms with E-state index in [0.29, 0.717) is 11.5 Å². The summed E-state index contributed by atoms with van der Waals surface area (Å²) in [6.45, 7) is 13.0. The molecule has 1 aromatic carbocycles. The Labute approximate surface area is 154 Å². The van der Waals surface area contributed by atoms with E-state index in [0.717, 1.165) is 38.5 Å². The highest BCUT2D eigenvalue weighted by atomic mass is 17.2. The molecule has 1 rings (SSSR count). The molecule has 1 atom stereocenters. The van der Waals surface area contributed by atoms with E-state index in [4.69, 9.17) is 9.78 Å². The van der Waals surface area contributed by atoms with Crippen LogP contribution in [0.1, 0.15) is 90.4 Å². The second kappa shape index (κ2) is 9.96. The maximum Gasteiger partial charge on any atom is 0.373 e. The smallest absolute Gasteiger partial charge is 0.292 e. The molecule has 0 spiro atoms.